The summed E-state index contributed by atoms with van der Waals surface area (Å²) in [5, 5.41) is 3.29. The van der Waals surface area contributed by atoms with Gasteiger partial charge in [-0.25, -0.2) is 0 Å². The van der Waals surface area contributed by atoms with Gasteiger partial charge in [0.15, 0.2) is 0 Å². The fourth-order valence-corrected chi connectivity index (χ4v) is 2.64. The lowest BCUT2D eigenvalue weighted by Gasteiger charge is -2.34. The molecule has 0 aromatic heterocycles. The molecule has 1 amide bonds. The molecule has 0 aliphatic carbocycles. The van der Waals surface area contributed by atoms with Gasteiger partial charge in [0.2, 0.25) is 0 Å². The van der Waals surface area contributed by atoms with Gasteiger partial charge < -0.3 is 10.2 Å². The molecule has 1 N–H and O–H groups in total. The zero-order valence-electron chi connectivity index (χ0n) is 10.2. The van der Waals surface area contributed by atoms with Gasteiger partial charge in [-0.1, -0.05) is 15.9 Å². The van der Waals surface area contributed by atoms with Crippen LogP contribution in [0, 0.1) is 6.92 Å². The van der Waals surface area contributed by atoms with Crippen LogP contribution in [0.3, 0.4) is 0 Å². The number of carbonyl (C=O) groups excluding carboxylic acids is 1. The second-order valence-corrected chi connectivity index (χ2v) is 5.43. The molecule has 4 heteroatoms. The highest BCUT2D eigenvalue weighted by molar-refractivity contribution is 9.10. The largest absolute Gasteiger partial charge is 0.333 e. The molecule has 17 heavy (non-hydrogen) atoms. The van der Waals surface area contributed by atoms with Crippen LogP contribution in [0.5, 0.6) is 0 Å². The molecule has 1 fully saturated rings. The first-order chi connectivity index (χ1) is 8.09. The third-order valence-corrected chi connectivity index (χ3v) is 3.67. The summed E-state index contributed by atoms with van der Waals surface area (Å²) in [6, 6.07) is 6.07. The van der Waals surface area contributed by atoms with Crippen molar-refractivity contribution in [1.82, 2.24) is 10.2 Å². The van der Waals surface area contributed by atoms with Crippen molar-refractivity contribution in [3.8, 4) is 0 Å². The molecular formula is C13H17BrN2O. The standard InChI is InChI=1S/C13H17BrN2O/c1-9-7-11(14)3-4-12(9)13(17)16-6-5-15-8-10(16)2/h3-4,7,10,15H,5-6,8H2,1-2H3/t10-/m0/s1. The van der Waals surface area contributed by atoms with E-state index in [0.29, 0.717) is 0 Å². The van der Waals surface area contributed by atoms with Crippen LogP contribution in [-0.2, 0) is 0 Å². The van der Waals surface area contributed by atoms with E-state index in [4.69, 9.17) is 0 Å². The highest BCUT2D eigenvalue weighted by atomic mass is 79.9. The van der Waals surface area contributed by atoms with Gasteiger partial charge in [0.1, 0.15) is 0 Å². The van der Waals surface area contributed by atoms with Gasteiger partial charge in [-0.15, -0.1) is 0 Å². The van der Waals surface area contributed by atoms with E-state index in [0.717, 1.165) is 35.2 Å². The minimum absolute atomic E-state index is 0.143. The van der Waals surface area contributed by atoms with Crippen LogP contribution in [-0.4, -0.2) is 36.5 Å². The van der Waals surface area contributed by atoms with Crippen molar-refractivity contribution in [2.24, 2.45) is 0 Å². The Morgan fingerprint density at radius 2 is 2.29 bits per heavy atom. The highest BCUT2D eigenvalue weighted by Gasteiger charge is 2.24. The zero-order chi connectivity index (χ0) is 12.4. The van der Waals surface area contributed by atoms with E-state index < -0.39 is 0 Å². The van der Waals surface area contributed by atoms with Crippen molar-refractivity contribution >= 4 is 21.8 Å². The quantitative estimate of drug-likeness (QED) is 0.862. The number of hydrogen-bond acceptors (Lipinski definition) is 2. The molecule has 0 spiro atoms. The molecule has 0 saturated carbocycles. The Bertz CT molecular complexity index is 433. The lowest BCUT2D eigenvalue weighted by atomic mass is 10.1. The van der Waals surface area contributed by atoms with Crippen LogP contribution in [0.2, 0.25) is 0 Å². The van der Waals surface area contributed by atoms with E-state index in [-0.39, 0.29) is 11.9 Å². The summed E-state index contributed by atoms with van der Waals surface area (Å²) < 4.78 is 1.01. The number of amides is 1. The fraction of sp³-hybridized carbons (Fsp3) is 0.462. The summed E-state index contributed by atoms with van der Waals surface area (Å²) in [6.45, 7) is 6.60. The number of rotatable bonds is 1. The molecule has 1 aliphatic rings. The van der Waals surface area contributed by atoms with Gasteiger partial charge in [0.05, 0.1) is 0 Å². The molecule has 1 aromatic rings. The van der Waals surface area contributed by atoms with Crippen LogP contribution in [0.25, 0.3) is 0 Å². The van der Waals surface area contributed by atoms with Gasteiger partial charge in [-0.2, -0.15) is 0 Å². The van der Waals surface area contributed by atoms with Crippen molar-refractivity contribution in [2.75, 3.05) is 19.6 Å². The summed E-state index contributed by atoms with van der Waals surface area (Å²) in [7, 11) is 0. The first-order valence-corrected chi connectivity index (χ1v) is 6.66. The maximum atomic E-state index is 12.4. The van der Waals surface area contributed by atoms with E-state index in [1.807, 2.05) is 30.0 Å². The van der Waals surface area contributed by atoms with Gasteiger partial charge in [-0.05, 0) is 37.6 Å². The monoisotopic (exact) mass is 296 g/mol. The molecular weight excluding hydrogens is 280 g/mol. The molecule has 1 aliphatic heterocycles. The molecule has 3 nitrogen and oxygen atoms in total. The smallest absolute Gasteiger partial charge is 0.254 e. The number of hydrogen-bond donors (Lipinski definition) is 1. The van der Waals surface area contributed by atoms with Crippen LogP contribution >= 0.6 is 15.9 Å². The molecule has 1 saturated heterocycles. The lowest BCUT2D eigenvalue weighted by Crippen LogP contribution is -2.52. The SMILES string of the molecule is Cc1cc(Br)ccc1C(=O)N1CCNC[C@@H]1C. The maximum absolute atomic E-state index is 12.4. The molecule has 1 heterocycles. The predicted octanol–water partition coefficient (Wildman–Crippen LogP) is 2.19. The normalized spacial score (nSPS) is 20.4. The van der Waals surface area contributed by atoms with E-state index in [1.165, 1.54) is 0 Å². The number of halogens is 1. The van der Waals surface area contributed by atoms with Gasteiger partial charge in [0.25, 0.3) is 5.91 Å². The van der Waals surface area contributed by atoms with Gasteiger partial charge in [0, 0.05) is 35.7 Å². The van der Waals surface area contributed by atoms with Crippen LogP contribution in [0.1, 0.15) is 22.8 Å². The average molecular weight is 297 g/mol. The third kappa shape index (κ3) is 2.69. The van der Waals surface area contributed by atoms with Crippen molar-refractivity contribution < 1.29 is 4.79 Å². The summed E-state index contributed by atoms with van der Waals surface area (Å²) in [5.74, 6) is 0.143. The molecule has 1 aromatic carbocycles. The van der Waals surface area contributed by atoms with E-state index >= 15 is 0 Å². The Kier molecular flexibility index (Phi) is 3.84. The summed E-state index contributed by atoms with van der Waals surface area (Å²) in [4.78, 5) is 14.4. The number of nitrogens with one attached hydrogen (secondary N) is 1. The number of nitrogens with zero attached hydrogens (tertiary/aromatic N) is 1. The summed E-state index contributed by atoms with van der Waals surface area (Å²) >= 11 is 3.42. The number of aryl methyl sites for hydroxylation is 1. The second-order valence-electron chi connectivity index (χ2n) is 4.51. The Morgan fingerprint density at radius 3 is 2.94 bits per heavy atom. The van der Waals surface area contributed by atoms with Crippen molar-refractivity contribution in [3.05, 3.63) is 33.8 Å². The predicted molar refractivity (Wildman–Crippen MR) is 72.2 cm³/mol. The van der Waals surface area contributed by atoms with E-state index in [1.54, 1.807) is 0 Å². The summed E-state index contributed by atoms with van der Waals surface area (Å²) in [6.07, 6.45) is 0. The van der Waals surface area contributed by atoms with Crippen molar-refractivity contribution in [3.63, 3.8) is 0 Å². The third-order valence-electron chi connectivity index (χ3n) is 3.18. The number of benzene rings is 1. The van der Waals surface area contributed by atoms with Gasteiger partial charge >= 0.3 is 0 Å². The first-order valence-electron chi connectivity index (χ1n) is 5.87. The van der Waals surface area contributed by atoms with E-state index in [9.17, 15) is 4.79 Å². The van der Waals surface area contributed by atoms with Crippen LogP contribution in [0.15, 0.2) is 22.7 Å². The topological polar surface area (TPSA) is 32.3 Å². The molecule has 0 radical (unpaired) electrons. The minimum Gasteiger partial charge on any atom is -0.333 e. The fourth-order valence-electron chi connectivity index (χ4n) is 2.16. The van der Waals surface area contributed by atoms with Gasteiger partial charge in [-0.3, -0.25) is 4.79 Å². The second kappa shape index (κ2) is 5.19. The molecule has 0 bridgehead atoms. The van der Waals surface area contributed by atoms with Crippen LogP contribution < -0.4 is 5.32 Å². The van der Waals surface area contributed by atoms with Crippen LogP contribution in [0.4, 0.5) is 0 Å². The highest BCUT2D eigenvalue weighted by Crippen LogP contribution is 2.18. The van der Waals surface area contributed by atoms with Crippen molar-refractivity contribution in [1.29, 1.82) is 0 Å². The first kappa shape index (κ1) is 12.6. The summed E-state index contributed by atoms with van der Waals surface area (Å²) in [5.41, 5.74) is 1.83. The Labute approximate surface area is 110 Å². The molecule has 2 rings (SSSR count). The maximum Gasteiger partial charge on any atom is 0.254 e. The molecule has 92 valence electrons. The molecule has 1 atom stereocenters. The molecule has 0 unspecified atom stereocenters. The Morgan fingerprint density at radius 1 is 1.53 bits per heavy atom. The zero-order valence-corrected chi connectivity index (χ0v) is 11.8. The number of piperazine rings is 1. The minimum atomic E-state index is 0.143. The van der Waals surface area contributed by atoms with Crippen molar-refractivity contribution in [2.45, 2.75) is 19.9 Å². The lowest BCUT2D eigenvalue weighted by molar-refractivity contribution is 0.0655. The Hall–Kier alpha value is -0.870. The number of carbonyl (C=O) groups is 1. The average Bonchev–Trinajstić information content (AvgIpc) is 2.29. The Balaban J connectivity index is 2.24. The van der Waals surface area contributed by atoms with E-state index in [2.05, 4.69) is 28.2 Å².